The van der Waals surface area contributed by atoms with Gasteiger partial charge in [0.15, 0.2) is 0 Å². The number of carbonyl (C=O) groups is 1. The summed E-state index contributed by atoms with van der Waals surface area (Å²) >= 11 is 0. The van der Waals surface area contributed by atoms with Gasteiger partial charge in [-0.3, -0.25) is 9.48 Å². The van der Waals surface area contributed by atoms with Gasteiger partial charge in [-0.1, -0.05) is 30.3 Å². The number of anilines is 1. The number of aromatic nitrogens is 6. The molecule has 4 rings (SSSR count). The van der Waals surface area contributed by atoms with Crippen LogP contribution >= 0.6 is 0 Å². The van der Waals surface area contributed by atoms with Crippen LogP contribution in [0.5, 0.6) is 0 Å². The van der Waals surface area contributed by atoms with Gasteiger partial charge in [0.1, 0.15) is 12.0 Å². The normalized spacial score (nSPS) is 11.1. The molecule has 0 radical (unpaired) electrons. The van der Waals surface area contributed by atoms with Crippen molar-refractivity contribution in [1.29, 1.82) is 0 Å². The van der Waals surface area contributed by atoms with Crippen molar-refractivity contribution < 1.29 is 4.79 Å². The van der Waals surface area contributed by atoms with E-state index < -0.39 is 0 Å². The van der Waals surface area contributed by atoms with Crippen LogP contribution in [0.15, 0.2) is 42.7 Å². The molecular formula is C19H19N7O. The number of benzene rings is 1. The fourth-order valence-electron chi connectivity index (χ4n) is 3.06. The van der Waals surface area contributed by atoms with Crippen LogP contribution in [0.4, 0.5) is 5.69 Å². The summed E-state index contributed by atoms with van der Waals surface area (Å²) in [6, 6.07) is 11.8. The zero-order valence-electron chi connectivity index (χ0n) is 15.3. The molecule has 1 amide bonds. The molecule has 4 aromatic rings. The van der Waals surface area contributed by atoms with Gasteiger partial charge in [-0.25, -0.2) is 4.98 Å². The van der Waals surface area contributed by atoms with Crippen molar-refractivity contribution in [1.82, 2.24) is 29.4 Å². The number of hydrogen-bond donors (Lipinski definition) is 1. The summed E-state index contributed by atoms with van der Waals surface area (Å²) in [5, 5.41) is 11.6. The highest BCUT2D eigenvalue weighted by Gasteiger charge is 2.18. The maximum Gasteiger partial charge on any atom is 0.274 e. The molecule has 1 aromatic carbocycles. The monoisotopic (exact) mass is 361 g/mol. The van der Waals surface area contributed by atoms with Crippen molar-refractivity contribution in [2.75, 3.05) is 5.32 Å². The first-order chi connectivity index (χ1) is 13.0. The number of rotatable bonds is 4. The molecule has 8 nitrogen and oxygen atoms in total. The van der Waals surface area contributed by atoms with Crippen molar-refractivity contribution in [3.8, 4) is 0 Å². The van der Waals surface area contributed by atoms with E-state index in [9.17, 15) is 4.79 Å². The molecule has 0 aliphatic heterocycles. The number of nitrogens with one attached hydrogen (secondary N) is 1. The Morgan fingerprint density at radius 1 is 1.15 bits per heavy atom. The molecule has 1 N–H and O–H groups in total. The summed E-state index contributed by atoms with van der Waals surface area (Å²) in [5.41, 5.74) is 4.59. The molecule has 0 saturated heterocycles. The minimum Gasteiger partial charge on any atom is -0.317 e. The number of hydrogen-bond acceptors (Lipinski definition) is 5. The van der Waals surface area contributed by atoms with E-state index in [2.05, 4.69) is 37.6 Å². The lowest BCUT2D eigenvalue weighted by Crippen LogP contribution is -2.18. The maximum atomic E-state index is 12.9. The molecule has 0 unspecified atom stereocenters. The average molecular weight is 361 g/mol. The first kappa shape index (κ1) is 16.9. The highest BCUT2D eigenvalue weighted by molar-refractivity contribution is 6.04. The minimum absolute atomic E-state index is 0.276. The van der Waals surface area contributed by atoms with Crippen LogP contribution in [-0.2, 0) is 6.54 Å². The highest BCUT2D eigenvalue weighted by atomic mass is 16.2. The Morgan fingerprint density at radius 3 is 2.70 bits per heavy atom. The lowest BCUT2D eigenvalue weighted by Gasteiger charge is -2.08. The second kappa shape index (κ2) is 6.64. The van der Waals surface area contributed by atoms with Crippen LogP contribution in [0.1, 0.15) is 33.1 Å². The molecule has 8 heteroatoms. The summed E-state index contributed by atoms with van der Waals surface area (Å²) in [6.07, 6.45) is 1.38. The smallest absolute Gasteiger partial charge is 0.274 e. The quantitative estimate of drug-likeness (QED) is 0.603. The van der Waals surface area contributed by atoms with Gasteiger partial charge in [0.25, 0.3) is 11.7 Å². The number of amides is 1. The molecule has 27 heavy (non-hydrogen) atoms. The second-order valence-electron chi connectivity index (χ2n) is 6.40. The van der Waals surface area contributed by atoms with E-state index in [1.165, 1.54) is 10.8 Å². The Morgan fingerprint density at radius 2 is 1.93 bits per heavy atom. The summed E-state index contributed by atoms with van der Waals surface area (Å²) in [7, 11) is 0. The third-order valence-electron chi connectivity index (χ3n) is 4.41. The van der Waals surface area contributed by atoms with Crippen LogP contribution in [0.3, 0.4) is 0 Å². The standard InChI is InChI=1S/C19H19N7O/c1-12-9-16(26-19(22-12)20-11-21-26)18(27)23-17-13(2)24-25(14(17)3)10-15-7-5-4-6-8-15/h4-9,11H,10H2,1-3H3,(H,23,27). The minimum atomic E-state index is -0.276. The topological polar surface area (TPSA) is 90.0 Å². The van der Waals surface area contributed by atoms with Crippen LogP contribution in [0.2, 0.25) is 0 Å². The molecule has 0 spiro atoms. The molecule has 0 bridgehead atoms. The van der Waals surface area contributed by atoms with Crippen LogP contribution in [0, 0.1) is 20.8 Å². The van der Waals surface area contributed by atoms with E-state index in [1.807, 2.05) is 43.7 Å². The zero-order valence-corrected chi connectivity index (χ0v) is 15.3. The third kappa shape index (κ3) is 3.17. The van der Waals surface area contributed by atoms with Crippen LogP contribution in [0.25, 0.3) is 5.78 Å². The van der Waals surface area contributed by atoms with E-state index in [0.29, 0.717) is 29.4 Å². The molecule has 136 valence electrons. The predicted octanol–water partition coefficient (Wildman–Crippen LogP) is 2.55. The Labute approximate surface area is 155 Å². The first-order valence-electron chi connectivity index (χ1n) is 8.59. The van der Waals surface area contributed by atoms with E-state index >= 15 is 0 Å². The van der Waals surface area contributed by atoms with E-state index in [0.717, 1.165) is 17.0 Å². The maximum absolute atomic E-state index is 12.9. The molecule has 0 atom stereocenters. The summed E-state index contributed by atoms with van der Waals surface area (Å²) < 4.78 is 3.32. The molecule has 0 saturated carbocycles. The van der Waals surface area contributed by atoms with Crippen LogP contribution in [-0.4, -0.2) is 35.3 Å². The average Bonchev–Trinajstić information content (AvgIpc) is 3.22. The van der Waals surface area contributed by atoms with E-state index in [4.69, 9.17) is 0 Å². The molecule has 0 aliphatic rings. The van der Waals surface area contributed by atoms with Crippen molar-refractivity contribution in [3.63, 3.8) is 0 Å². The number of carbonyl (C=O) groups excluding carboxylic acids is 1. The van der Waals surface area contributed by atoms with Gasteiger partial charge in [0.2, 0.25) is 0 Å². The van der Waals surface area contributed by atoms with Crippen molar-refractivity contribution >= 4 is 17.4 Å². The lowest BCUT2D eigenvalue weighted by atomic mass is 10.2. The Bertz CT molecular complexity index is 1130. The summed E-state index contributed by atoms with van der Waals surface area (Å²) in [5.74, 6) is 0.120. The molecular weight excluding hydrogens is 342 g/mol. The molecule has 3 heterocycles. The third-order valence-corrected chi connectivity index (χ3v) is 4.41. The SMILES string of the molecule is Cc1cc(C(=O)Nc2c(C)nn(Cc3ccccc3)c2C)n2ncnc2n1. The summed E-state index contributed by atoms with van der Waals surface area (Å²) in [6.45, 7) is 6.29. The largest absolute Gasteiger partial charge is 0.317 e. The van der Waals surface area contributed by atoms with Gasteiger partial charge in [0.05, 0.1) is 23.6 Å². The molecule has 3 aromatic heterocycles. The van der Waals surface area contributed by atoms with Gasteiger partial charge in [-0.15, -0.1) is 0 Å². The zero-order chi connectivity index (χ0) is 19.0. The number of fused-ring (bicyclic) bond motifs is 1. The Balaban J connectivity index is 1.64. The predicted molar refractivity (Wildman–Crippen MR) is 101 cm³/mol. The van der Waals surface area contributed by atoms with Gasteiger partial charge >= 0.3 is 0 Å². The van der Waals surface area contributed by atoms with Gasteiger partial charge in [-0.2, -0.15) is 19.7 Å². The highest BCUT2D eigenvalue weighted by Crippen LogP contribution is 2.21. The fourth-order valence-corrected chi connectivity index (χ4v) is 3.06. The van der Waals surface area contributed by atoms with Crippen molar-refractivity contribution in [3.05, 3.63) is 71.1 Å². The van der Waals surface area contributed by atoms with Crippen molar-refractivity contribution in [2.45, 2.75) is 27.3 Å². The van der Waals surface area contributed by atoms with Gasteiger partial charge in [0, 0.05) is 5.69 Å². The first-order valence-corrected chi connectivity index (χ1v) is 8.59. The summed E-state index contributed by atoms with van der Waals surface area (Å²) in [4.78, 5) is 21.2. The van der Waals surface area contributed by atoms with Gasteiger partial charge in [-0.05, 0) is 32.4 Å². The second-order valence-corrected chi connectivity index (χ2v) is 6.40. The number of aryl methyl sites for hydroxylation is 2. The van der Waals surface area contributed by atoms with Crippen LogP contribution < -0.4 is 5.32 Å². The Hall–Kier alpha value is -3.55. The van der Waals surface area contributed by atoms with Gasteiger partial charge < -0.3 is 5.32 Å². The lowest BCUT2D eigenvalue weighted by molar-refractivity contribution is 0.101. The van der Waals surface area contributed by atoms with Crippen molar-refractivity contribution in [2.24, 2.45) is 0 Å². The number of nitrogens with zero attached hydrogens (tertiary/aromatic N) is 6. The van der Waals surface area contributed by atoms with E-state index in [-0.39, 0.29) is 5.91 Å². The van der Waals surface area contributed by atoms with E-state index in [1.54, 1.807) is 6.07 Å². The molecule has 0 fully saturated rings. The fraction of sp³-hybridized carbons (Fsp3) is 0.211. The Kier molecular flexibility index (Phi) is 4.15. The molecule has 0 aliphatic carbocycles.